The minimum absolute atomic E-state index is 1.08. The van der Waals surface area contributed by atoms with Crippen molar-refractivity contribution in [1.29, 1.82) is 0 Å². The van der Waals surface area contributed by atoms with Crippen molar-refractivity contribution in [3.05, 3.63) is 59.8 Å². The zero-order chi connectivity index (χ0) is 11.1. The van der Waals surface area contributed by atoms with Crippen molar-refractivity contribution in [2.45, 2.75) is 33.1 Å². The Bertz CT molecular complexity index is 335. The van der Waals surface area contributed by atoms with Gasteiger partial charge < -0.3 is 0 Å². The molecule has 0 heterocycles. The molecule has 15 heavy (non-hydrogen) atoms. The lowest BCUT2D eigenvalue weighted by molar-refractivity contribution is 0.916. The van der Waals surface area contributed by atoms with Crippen LogP contribution in [0.5, 0.6) is 0 Å². The summed E-state index contributed by atoms with van der Waals surface area (Å²) in [6.07, 6.45) is 16.2. The van der Waals surface area contributed by atoms with Gasteiger partial charge in [-0.1, -0.05) is 55.5 Å². The molecule has 0 atom stereocenters. The highest BCUT2D eigenvalue weighted by atomic mass is 14.1. The van der Waals surface area contributed by atoms with Crippen LogP contribution in [0, 0.1) is 0 Å². The van der Waals surface area contributed by atoms with Gasteiger partial charge in [-0.2, -0.15) is 0 Å². The van der Waals surface area contributed by atoms with Crippen molar-refractivity contribution in [3.8, 4) is 0 Å². The smallest absolute Gasteiger partial charge is 0.0236 e. The van der Waals surface area contributed by atoms with E-state index in [2.05, 4.69) is 44.7 Å². The van der Waals surface area contributed by atoms with E-state index in [0.717, 1.165) is 12.8 Å². The summed E-state index contributed by atoms with van der Waals surface area (Å²) in [6.45, 7) is 8.07. The maximum Gasteiger partial charge on any atom is -0.0236 e. The maximum absolute atomic E-state index is 3.70. The van der Waals surface area contributed by atoms with Gasteiger partial charge in [0.2, 0.25) is 0 Å². The third kappa shape index (κ3) is 3.75. The molecule has 1 aliphatic rings. The predicted octanol–water partition coefficient (Wildman–Crippen LogP) is 4.73. The van der Waals surface area contributed by atoms with Gasteiger partial charge in [0, 0.05) is 0 Å². The molecule has 80 valence electrons. The van der Waals surface area contributed by atoms with Crippen LogP contribution in [0.15, 0.2) is 59.8 Å². The third-order valence-electron chi connectivity index (χ3n) is 2.56. The van der Waals surface area contributed by atoms with Crippen LogP contribution in [0.2, 0.25) is 0 Å². The molecule has 0 unspecified atom stereocenters. The fourth-order valence-corrected chi connectivity index (χ4v) is 1.68. The lowest BCUT2D eigenvalue weighted by Crippen LogP contribution is -1.93. The molecule has 0 spiro atoms. The Balaban J connectivity index is 2.86. The van der Waals surface area contributed by atoms with E-state index in [-0.39, 0.29) is 0 Å². The molecule has 0 fully saturated rings. The standard InChI is InChI=1S/C15H20/c1-4-6-8-14(7-5-2)15-11-9-13(3)10-12-15/h4,6-9,11H,1,5,10,12H2,2-3H3/b8-6?,14-7+. The van der Waals surface area contributed by atoms with Gasteiger partial charge in [0.15, 0.2) is 0 Å². The monoisotopic (exact) mass is 200 g/mol. The van der Waals surface area contributed by atoms with Crippen LogP contribution < -0.4 is 0 Å². The van der Waals surface area contributed by atoms with Crippen LogP contribution in [0.3, 0.4) is 0 Å². The Morgan fingerprint density at radius 3 is 2.73 bits per heavy atom. The lowest BCUT2D eigenvalue weighted by Gasteiger charge is -2.13. The molecule has 1 rings (SSSR count). The summed E-state index contributed by atoms with van der Waals surface area (Å²) in [5.41, 5.74) is 4.27. The molecule has 0 N–H and O–H groups in total. The minimum atomic E-state index is 1.08. The van der Waals surface area contributed by atoms with E-state index in [1.165, 1.54) is 23.1 Å². The molecule has 0 aromatic heterocycles. The highest BCUT2D eigenvalue weighted by Gasteiger charge is 2.05. The molecule has 0 radical (unpaired) electrons. The Labute approximate surface area is 93.4 Å². The van der Waals surface area contributed by atoms with Crippen molar-refractivity contribution in [3.63, 3.8) is 0 Å². The Hall–Kier alpha value is -1.30. The Morgan fingerprint density at radius 2 is 2.20 bits per heavy atom. The maximum atomic E-state index is 3.70. The molecule has 0 aromatic carbocycles. The predicted molar refractivity (Wildman–Crippen MR) is 68.8 cm³/mol. The highest BCUT2D eigenvalue weighted by Crippen LogP contribution is 2.24. The van der Waals surface area contributed by atoms with E-state index < -0.39 is 0 Å². The number of allylic oxidation sites excluding steroid dienone is 9. The number of rotatable bonds is 4. The average molecular weight is 200 g/mol. The number of hydrogen-bond acceptors (Lipinski definition) is 0. The van der Waals surface area contributed by atoms with Crippen molar-refractivity contribution in [1.82, 2.24) is 0 Å². The van der Waals surface area contributed by atoms with Crippen molar-refractivity contribution >= 4 is 0 Å². The van der Waals surface area contributed by atoms with Crippen molar-refractivity contribution < 1.29 is 0 Å². The molecule has 0 aromatic rings. The summed E-state index contributed by atoms with van der Waals surface area (Å²) in [7, 11) is 0. The zero-order valence-electron chi connectivity index (χ0n) is 9.79. The Kier molecular flexibility index (Phi) is 4.89. The van der Waals surface area contributed by atoms with E-state index in [0.29, 0.717) is 0 Å². The van der Waals surface area contributed by atoms with E-state index in [1.54, 1.807) is 0 Å². The van der Waals surface area contributed by atoms with Crippen molar-refractivity contribution in [2.24, 2.45) is 0 Å². The van der Waals surface area contributed by atoms with E-state index in [4.69, 9.17) is 0 Å². The fourth-order valence-electron chi connectivity index (χ4n) is 1.68. The molecule has 0 bridgehead atoms. The van der Waals surface area contributed by atoms with Gasteiger partial charge in [0.25, 0.3) is 0 Å². The lowest BCUT2D eigenvalue weighted by atomic mass is 9.93. The van der Waals surface area contributed by atoms with E-state index in [1.807, 2.05) is 12.2 Å². The van der Waals surface area contributed by atoms with E-state index >= 15 is 0 Å². The van der Waals surface area contributed by atoms with Crippen LogP contribution >= 0.6 is 0 Å². The summed E-state index contributed by atoms with van der Waals surface area (Å²) in [5, 5.41) is 0. The molecule has 0 nitrogen and oxygen atoms in total. The molecule has 0 saturated carbocycles. The second-order valence-electron chi connectivity index (χ2n) is 3.87. The first kappa shape index (κ1) is 11.8. The molecule has 0 amide bonds. The number of hydrogen-bond donors (Lipinski definition) is 0. The second kappa shape index (κ2) is 6.23. The minimum Gasteiger partial charge on any atom is -0.0991 e. The SMILES string of the molecule is C=CC=C/C(=C\CC)C1=CC=C(C)CC1. The first-order valence-corrected chi connectivity index (χ1v) is 5.64. The second-order valence-corrected chi connectivity index (χ2v) is 3.87. The molecular weight excluding hydrogens is 180 g/mol. The van der Waals surface area contributed by atoms with Gasteiger partial charge in [0.05, 0.1) is 0 Å². The van der Waals surface area contributed by atoms with Gasteiger partial charge in [-0.25, -0.2) is 0 Å². The van der Waals surface area contributed by atoms with Crippen LogP contribution in [0.25, 0.3) is 0 Å². The van der Waals surface area contributed by atoms with Gasteiger partial charge in [-0.3, -0.25) is 0 Å². The topological polar surface area (TPSA) is 0 Å². The van der Waals surface area contributed by atoms with Crippen LogP contribution in [-0.4, -0.2) is 0 Å². The summed E-state index contributed by atoms with van der Waals surface area (Å²) in [4.78, 5) is 0. The summed E-state index contributed by atoms with van der Waals surface area (Å²) < 4.78 is 0. The van der Waals surface area contributed by atoms with Crippen LogP contribution in [-0.2, 0) is 0 Å². The average Bonchev–Trinajstić information content (AvgIpc) is 2.25. The van der Waals surface area contributed by atoms with Gasteiger partial charge in [-0.05, 0) is 37.3 Å². The molecule has 1 aliphatic carbocycles. The quantitative estimate of drug-likeness (QED) is 0.575. The van der Waals surface area contributed by atoms with Gasteiger partial charge in [0.1, 0.15) is 0 Å². The first-order valence-electron chi connectivity index (χ1n) is 5.64. The van der Waals surface area contributed by atoms with Crippen molar-refractivity contribution in [2.75, 3.05) is 0 Å². The summed E-state index contributed by atoms with van der Waals surface area (Å²) >= 11 is 0. The molecule has 0 heteroatoms. The first-order chi connectivity index (χ1) is 7.27. The highest BCUT2D eigenvalue weighted by molar-refractivity contribution is 5.44. The molecular formula is C15H20. The molecule has 0 aliphatic heterocycles. The van der Waals surface area contributed by atoms with Crippen LogP contribution in [0.1, 0.15) is 33.1 Å². The third-order valence-corrected chi connectivity index (χ3v) is 2.56. The van der Waals surface area contributed by atoms with Gasteiger partial charge >= 0.3 is 0 Å². The fraction of sp³-hybridized carbons (Fsp3) is 0.333. The molecule has 0 saturated heterocycles. The summed E-state index contributed by atoms with van der Waals surface area (Å²) in [6, 6.07) is 0. The normalized spacial score (nSPS) is 17.6. The van der Waals surface area contributed by atoms with E-state index in [9.17, 15) is 0 Å². The van der Waals surface area contributed by atoms with Crippen LogP contribution in [0.4, 0.5) is 0 Å². The largest absolute Gasteiger partial charge is 0.0991 e. The Morgan fingerprint density at radius 1 is 1.40 bits per heavy atom. The van der Waals surface area contributed by atoms with Gasteiger partial charge in [-0.15, -0.1) is 0 Å². The summed E-state index contributed by atoms with van der Waals surface area (Å²) in [5.74, 6) is 0. The zero-order valence-corrected chi connectivity index (χ0v) is 9.79.